The molecule has 2 aromatic rings. The van der Waals surface area contributed by atoms with Gasteiger partial charge in [0.15, 0.2) is 0 Å². The number of imide groups is 1. The van der Waals surface area contributed by atoms with E-state index in [0.717, 1.165) is 18.2 Å². The van der Waals surface area contributed by atoms with E-state index < -0.39 is 40.3 Å². The number of anilines is 1. The molecular formula is C17H10ClF5N2O2. The second-order valence-corrected chi connectivity index (χ2v) is 5.52. The second kappa shape index (κ2) is 8.17. The Balaban J connectivity index is 2.03. The van der Waals surface area contributed by atoms with Crippen LogP contribution in [0, 0.1) is 11.6 Å². The van der Waals surface area contributed by atoms with Gasteiger partial charge in [-0.15, -0.1) is 0 Å². The largest absolute Gasteiger partial charge is 0.426 e. The summed E-state index contributed by atoms with van der Waals surface area (Å²) < 4.78 is 64.0. The SMILES string of the molecule is O=C(NC(=O)c1c(F)cccc1F)Nc1ccc(C=C(Cl)C(F)(F)F)cc1. The van der Waals surface area contributed by atoms with E-state index in [9.17, 15) is 31.5 Å². The van der Waals surface area contributed by atoms with Crippen molar-refractivity contribution in [3.8, 4) is 0 Å². The van der Waals surface area contributed by atoms with E-state index in [-0.39, 0.29) is 11.3 Å². The third kappa shape index (κ3) is 5.52. The summed E-state index contributed by atoms with van der Waals surface area (Å²) >= 11 is 5.11. The van der Waals surface area contributed by atoms with Crippen molar-refractivity contribution in [2.24, 2.45) is 0 Å². The van der Waals surface area contributed by atoms with E-state index in [0.29, 0.717) is 6.08 Å². The van der Waals surface area contributed by atoms with Gasteiger partial charge in [-0.2, -0.15) is 13.2 Å². The predicted octanol–water partition coefficient (Wildman–Crippen LogP) is 5.07. The van der Waals surface area contributed by atoms with Crippen LogP contribution in [0.1, 0.15) is 15.9 Å². The molecule has 4 nitrogen and oxygen atoms in total. The first-order valence-electron chi connectivity index (χ1n) is 7.18. The first-order chi connectivity index (χ1) is 12.6. The third-order valence-electron chi connectivity index (χ3n) is 3.15. The average molecular weight is 405 g/mol. The number of amides is 3. The Morgan fingerprint density at radius 1 is 0.963 bits per heavy atom. The summed E-state index contributed by atoms with van der Waals surface area (Å²) in [5, 5.41) is 2.62. The molecule has 2 aromatic carbocycles. The van der Waals surface area contributed by atoms with E-state index in [2.05, 4.69) is 5.32 Å². The molecule has 0 atom stereocenters. The minimum Gasteiger partial charge on any atom is -0.308 e. The van der Waals surface area contributed by atoms with Crippen LogP contribution in [0.3, 0.4) is 0 Å². The van der Waals surface area contributed by atoms with Crippen LogP contribution in [-0.2, 0) is 0 Å². The molecule has 0 aliphatic heterocycles. The van der Waals surface area contributed by atoms with Crippen molar-refractivity contribution in [2.45, 2.75) is 6.18 Å². The minimum absolute atomic E-state index is 0.118. The van der Waals surface area contributed by atoms with Crippen LogP contribution in [-0.4, -0.2) is 18.1 Å². The van der Waals surface area contributed by atoms with Crippen molar-refractivity contribution in [1.29, 1.82) is 0 Å². The zero-order valence-corrected chi connectivity index (χ0v) is 14.0. The molecule has 2 rings (SSSR count). The minimum atomic E-state index is -4.68. The van der Waals surface area contributed by atoms with Crippen LogP contribution in [0.15, 0.2) is 47.5 Å². The monoisotopic (exact) mass is 404 g/mol. The van der Waals surface area contributed by atoms with Crippen molar-refractivity contribution in [3.63, 3.8) is 0 Å². The summed E-state index contributed by atoms with van der Waals surface area (Å²) in [6.45, 7) is 0. The van der Waals surface area contributed by atoms with Gasteiger partial charge in [0, 0.05) is 5.69 Å². The number of rotatable bonds is 3. The quantitative estimate of drug-likeness (QED) is 0.702. The van der Waals surface area contributed by atoms with Gasteiger partial charge in [0.2, 0.25) is 0 Å². The highest BCUT2D eigenvalue weighted by molar-refractivity contribution is 6.32. The Morgan fingerprint density at radius 3 is 2.04 bits per heavy atom. The molecule has 2 N–H and O–H groups in total. The fourth-order valence-electron chi connectivity index (χ4n) is 1.93. The molecule has 0 aromatic heterocycles. The summed E-state index contributed by atoms with van der Waals surface area (Å²) in [6.07, 6.45) is -3.99. The van der Waals surface area contributed by atoms with Gasteiger partial charge in [-0.1, -0.05) is 29.8 Å². The standard InChI is InChI=1S/C17H10ClF5N2O2/c18-13(17(21,22)23)8-9-4-6-10(7-5-9)24-16(27)25-15(26)14-11(19)2-1-3-12(14)20/h1-8H,(H2,24,25,26,27). The maximum absolute atomic E-state index is 13.5. The summed E-state index contributed by atoms with van der Waals surface area (Å²) in [6, 6.07) is 6.66. The summed E-state index contributed by atoms with van der Waals surface area (Å²) in [5.74, 6) is -3.57. The molecule has 0 unspecified atom stereocenters. The van der Waals surface area contributed by atoms with E-state index in [1.807, 2.05) is 0 Å². The van der Waals surface area contributed by atoms with Crippen LogP contribution in [0.25, 0.3) is 6.08 Å². The van der Waals surface area contributed by atoms with Gasteiger partial charge in [-0.3, -0.25) is 10.1 Å². The zero-order valence-electron chi connectivity index (χ0n) is 13.2. The van der Waals surface area contributed by atoms with E-state index in [4.69, 9.17) is 11.6 Å². The molecule has 0 bridgehead atoms. The molecule has 0 heterocycles. The molecule has 27 heavy (non-hydrogen) atoms. The molecule has 0 saturated carbocycles. The van der Waals surface area contributed by atoms with Crippen LogP contribution in [0.4, 0.5) is 32.4 Å². The number of hydrogen-bond acceptors (Lipinski definition) is 2. The molecule has 0 spiro atoms. The highest BCUT2D eigenvalue weighted by atomic mass is 35.5. The number of hydrogen-bond donors (Lipinski definition) is 2. The Morgan fingerprint density at radius 2 is 1.52 bits per heavy atom. The molecule has 3 amide bonds. The number of nitrogens with one attached hydrogen (secondary N) is 2. The van der Waals surface area contributed by atoms with Crippen molar-refractivity contribution >= 4 is 35.3 Å². The van der Waals surface area contributed by atoms with Gasteiger partial charge < -0.3 is 5.32 Å². The number of halogens is 6. The normalized spacial score (nSPS) is 11.9. The predicted molar refractivity (Wildman–Crippen MR) is 89.2 cm³/mol. The molecule has 0 aliphatic rings. The Hall–Kier alpha value is -2.94. The summed E-state index contributed by atoms with van der Waals surface area (Å²) in [5.41, 5.74) is -0.683. The van der Waals surface area contributed by atoms with E-state index >= 15 is 0 Å². The van der Waals surface area contributed by atoms with Gasteiger partial charge in [0.1, 0.15) is 22.2 Å². The number of urea groups is 1. The van der Waals surface area contributed by atoms with Crippen LogP contribution < -0.4 is 10.6 Å². The smallest absolute Gasteiger partial charge is 0.308 e. The summed E-state index contributed by atoms with van der Waals surface area (Å²) in [7, 11) is 0. The average Bonchev–Trinajstić information content (AvgIpc) is 2.55. The highest BCUT2D eigenvalue weighted by Crippen LogP contribution is 2.30. The van der Waals surface area contributed by atoms with Gasteiger partial charge in [0.05, 0.1) is 0 Å². The number of allylic oxidation sites excluding steroid dienone is 1. The van der Waals surface area contributed by atoms with E-state index in [1.165, 1.54) is 24.3 Å². The number of carbonyl (C=O) groups excluding carboxylic acids is 2. The number of carbonyl (C=O) groups is 2. The fraction of sp³-hybridized carbons (Fsp3) is 0.0588. The maximum Gasteiger partial charge on any atom is 0.426 e. The fourth-order valence-corrected chi connectivity index (χ4v) is 2.06. The van der Waals surface area contributed by atoms with Crippen molar-refractivity contribution < 1.29 is 31.5 Å². The summed E-state index contributed by atoms with van der Waals surface area (Å²) in [4.78, 5) is 23.5. The molecule has 0 saturated heterocycles. The third-order valence-corrected chi connectivity index (χ3v) is 3.47. The van der Waals surface area contributed by atoms with E-state index in [1.54, 1.807) is 5.32 Å². The van der Waals surface area contributed by atoms with Gasteiger partial charge >= 0.3 is 12.2 Å². The Kier molecular flexibility index (Phi) is 6.17. The highest BCUT2D eigenvalue weighted by Gasteiger charge is 2.32. The first-order valence-corrected chi connectivity index (χ1v) is 7.56. The van der Waals surface area contributed by atoms with Crippen molar-refractivity contribution in [1.82, 2.24) is 5.32 Å². The lowest BCUT2D eigenvalue weighted by atomic mass is 10.2. The molecule has 0 aliphatic carbocycles. The zero-order chi connectivity index (χ0) is 20.2. The lowest BCUT2D eigenvalue weighted by Crippen LogP contribution is -2.35. The van der Waals surface area contributed by atoms with Gasteiger partial charge in [-0.25, -0.2) is 13.6 Å². The topological polar surface area (TPSA) is 58.2 Å². The molecule has 142 valence electrons. The van der Waals surface area contributed by atoms with Crippen LogP contribution >= 0.6 is 11.6 Å². The second-order valence-electron chi connectivity index (χ2n) is 5.12. The van der Waals surface area contributed by atoms with Crippen LogP contribution in [0.5, 0.6) is 0 Å². The number of benzene rings is 2. The van der Waals surface area contributed by atoms with Gasteiger partial charge in [0.25, 0.3) is 5.91 Å². The Labute approximate surface area is 154 Å². The maximum atomic E-state index is 13.5. The lowest BCUT2D eigenvalue weighted by Gasteiger charge is -2.08. The molecule has 0 fully saturated rings. The molecular weight excluding hydrogens is 395 g/mol. The molecule has 0 radical (unpaired) electrons. The molecule has 10 heteroatoms. The van der Waals surface area contributed by atoms with Crippen molar-refractivity contribution in [3.05, 3.63) is 70.3 Å². The van der Waals surface area contributed by atoms with Gasteiger partial charge in [-0.05, 0) is 35.9 Å². The van der Waals surface area contributed by atoms with Crippen LogP contribution in [0.2, 0.25) is 0 Å². The Bertz CT molecular complexity index is 875. The lowest BCUT2D eigenvalue weighted by molar-refractivity contribution is -0.0836. The first kappa shape index (κ1) is 20.4. The van der Waals surface area contributed by atoms with Crippen molar-refractivity contribution in [2.75, 3.05) is 5.32 Å². The number of alkyl halides is 3.